The summed E-state index contributed by atoms with van der Waals surface area (Å²) in [5, 5.41) is 10.6. The van der Waals surface area contributed by atoms with Gasteiger partial charge in [0.15, 0.2) is 0 Å². The topological polar surface area (TPSA) is 41.1 Å². The van der Waals surface area contributed by atoms with Crippen LogP contribution in [0.4, 0.5) is 5.00 Å². The average Bonchev–Trinajstić information content (AvgIpc) is 3.34. The number of nitriles is 1. The summed E-state index contributed by atoms with van der Waals surface area (Å²) >= 11 is 1.69. The van der Waals surface area contributed by atoms with Gasteiger partial charge in [-0.15, -0.1) is 11.3 Å². The first kappa shape index (κ1) is 20.5. The van der Waals surface area contributed by atoms with Crippen LogP contribution in [0.3, 0.4) is 0 Å². The lowest BCUT2D eigenvalue weighted by atomic mass is 9.96. The first-order valence-electron chi connectivity index (χ1n) is 11.1. The van der Waals surface area contributed by atoms with Gasteiger partial charge in [-0.25, -0.2) is 4.99 Å². The van der Waals surface area contributed by atoms with Gasteiger partial charge < -0.3 is 4.57 Å². The van der Waals surface area contributed by atoms with Gasteiger partial charge in [0.05, 0.1) is 5.56 Å². The number of nitrogens with zero attached hydrogens (tertiary/aromatic N) is 3. The number of fused-ring (bicyclic) bond motifs is 1. The Bertz CT molecular complexity index is 1330. The van der Waals surface area contributed by atoms with Crippen molar-refractivity contribution < 1.29 is 0 Å². The lowest BCUT2D eigenvalue weighted by Crippen LogP contribution is -1.99. The molecule has 0 spiro atoms. The number of aromatic nitrogens is 1. The third-order valence-corrected chi connectivity index (χ3v) is 7.49. The van der Waals surface area contributed by atoms with E-state index in [1.165, 1.54) is 40.1 Å². The first-order chi connectivity index (χ1) is 15.7. The normalized spacial score (nSPS) is 13.3. The molecule has 32 heavy (non-hydrogen) atoms. The fraction of sp³-hybridized carbons (Fsp3) is 0.214. The molecule has 2 heterocycles. The quantitative estimate of drug-likeness (QED) is 0.310. The summed E-state index contributed by atoms with van der Waals surface area (Å²) in [4.78, 5) is 6.12. The Hall–Kier alpha value is -3.42. The molecule has 0 N–H and O–H groups in total. The average molecular weight is 436 g/mol. The molecule has 158 valence electrons. The highest BCUT2D eigenvalue weighted by Crippen LogP contribution is 2.39. The number of thiophene rings is 1. The van der Waals surface area contributed by atoms with Crippen molar-refractivity contribution >= 4 is 22.6 Å². The maximum absolute atomic E-state index is 9.70. The Morgan fingerprint density at radius 1 is 0.969 bits per heavy atom. The zero-order valence-corrected chi connectivity index (χ0v) is 19.2. The van der Waals surface area contributed by atoms with E-state index >= 15 is 0 Å². The second kappa shape index (κ2) is 8.61. The molecule has 4 heteroatoms. The van der Waals surface area contributed by atoms with Crippen molar-refractivity contribution in [3.63, 3.8) is 0 Å². The minimum Gasteiger partial charge on any atom is -0.318 e. The van der Waals surface area contributed by atoms with Crippen molar-refractivity contribution in [2.45, 2.75) is 39.5 Å². The zero-order chi connectivity index (χ0) is 22.1. The van der Waals surface area contributed by atoms with Crippen LogP contribution in [0.15, 0.2) is 65.7 Å². The van der Waals surface area contributed by atoms with E-state index in [1.54, 1.807) is 11.3 Å². The standard InChI is InChI=1S/C28H25N3S/c1-19-16-23(18-30-28-26(17-29)25-10-6-7-11-27(25)32-28)20(2)31(19)24-14-12-22(13-15-24)21-8-4-3-5-9-21/h3-5,8-9,12-16,18H,6-7,10-11H2,1-2H3. The van der Waals surface area contributed by atoms with E-state index in [-0.39, 0.29) is 0 Å². The Kier molecular flexibility index (Phi) is 5.51. The van der Waals surface area contributed by atoms with Crippen LogP contribution in [0.25, 0.3) is 16.8 Å². The van der Waals surface area contributed by atoms with E-state index in [0.717, 1.165) is 40.4 Å². The molecule has 0 unspecified atom stereocenters. The number of aryl methyl sites for hydroxylation is 2. The van der Waals surface area contributed by atoms with Crippen LogP contribution in [-0.4, -0.2) is 10.8 Å². The Balaban J connectivity index is 1.45. The molecule has 0 saturated heterocycles. The molecule has 2 aromatic carbocycles. The maximum Gasteiger partial charge on any atom is 0.134 e. The van der Waals surface area contributed by atoms with Gasteiger partial charge in [-0.3, -0.25) is 0 Å². The number of benzene rings is 2. The van der Waals surface area contributed by atoms with Crippen molar-refractivity contribution in [1.29, 1.82) is 5.26 Å². The lowest BCUT2D eigenvalue weighted by molar-refractivity contribution is 0.696. The van der Waals surface area contributed by atoms with Crippen LogP contribution >= 0.6 is 11.3 Å². The smallest absolute Gasteiger partial charge is 0.134 e. The molecule has 5 rings (SSSR count). The molecule has 1 aliphatic rings. The summed E-state index contributed by atoms with van der Waals surface area (Å²) in [7, 11) is 0. The van der Waals surface area contributed by atoms with Crippen LogP contribution in [0.1, 0.15) is 45.8 Å². The summed E-state index contributed by atoms with van der Waals surface area (Å²) in [6.45, 7) is 4.25. The molecule has 1 aliphatic carbocycles. The van der Waals surface area contributed by atoms with Gasteiger partial charge in [0, 0.05) is 33.7 Å². The van der Waals surface area contributed by atoms with E-state index in [9.17, 15) is 5.26 Å². The molecule has 0 amide bonds. The molecule has 0 bridgehead atoms. The van der Waals surface area contributed by atoms with Gasteiger partial charge in [-0.2, -0.15) is 5.26 Å². The zero-order valence-electron chi connectivity index (χ0n) is 18.4. The summed E-state index contributed by atoms with van der Waals surface area (Å²) in [5.74, 6) is 0. The van der Waals surface area contributed by atoms with E-state index in [2.05, 4.69) is 79.1 Å². The molecule has 2 aromatic heterocycles. The van der Waals surface area contributed by atoms with Crippen LogP contribution in [0.2, 0.25) is 0 Å². The second-order valence-electron chi connectivity index (χ2n) is 8.34. The van der Waals surface area contributed by atoms with Gasteiger partial charge in [0.2, 0.25) is 0 Å². The number of hydrogen-bond acceptors (Lipinski definition) is 3. The van der Waals surface area contributed by atoms with Gasteiger partial charge in [0.25, 0.3) is 0 Å². The van der Waals surface area contributed by atoms with Crippen LogP contribution < -0.4 is 0 Å². The monoisotopic (exact) mass is 435 g/mol. The molecule has 0 radical (unpaired) electrons. The van der Waals surface area contributed by atoms with Crippen molar-refractivity contribution in [1.82, 2.24) is 4.57 Å². The third-order valence-electron chi connectivity index (χ3n) is 6.29. The fourth-order valence-electron chi connectivity index (χ4n) is 4.64. The highest BCUT2D eigenvalue weighted by Gasteiger charge is 2.20. The molecular weight excluding hydrogens is 410 g/mol. The lowest BCUT2D eigenvalue weighted by Gasteiger charge is -2.11. The van der Waals surface area contributed by atoms with Gasteiger partial charge in [-0.1, -0.05) is 42.5 Å². The van der Waals surface area contributed by atoms with Crippen molar-refractivity contribution in [3.05, 3.63) is 93.6 Å². The molecule has 0 aliphatic heterocycles. The van der Waals surface area contributed by atoms with Gasteiger partial charge >= 0.3 is 0 Å². The molecule has 0 fully saturated rings. The predicted molar refractivity (Wildman–Crippen MR) is 134 cm³/mol. The Morgan fingerprint density at radius 2 is 1.69 bits per heavy atom. The van der Waals surface area contributed by atoms with E-state index < -0.39 is 0 Å². The minimum atomic E-state index is 0.784. The van der Waals surface area contributed by atoms with Crippen molar-refractivity contribution in [2.75, 3.05) is 0 Å². The first-order valence-corrected chi connectivity index (χ1v) is 11.9. The molecule has 4 aromatic rings. The largest absolute Gasteiger partial charge is 0.318 e. The van der Waals surface area contributed by atoms with E-state index in [0.29, 0.717) is 0 Å². The van der Waals surface area contributed by atoms with Crippen molar-refractivity contribution in [2.24, 2.45) is 4.99 Å². The molecule has 0 atom stereocenters. The van der Waals surface area contributed by atoms with Crippen LogP contribution in [0, 0.1) is 25.2 Å². The number of aliphatic imine (C=N–C) groups is 1. The molecular formula is C28H25N3S. The summed E-state index contributed by atoms with van der Waals surface area (Å²) in [6.07, 6.45) is 6.41. The van der Waals surface area contributed by atoms with Crippen LogP contribution in [0.5, 0.6) is 0 Å². The van der Waals surface area contributed by atoms with Crippen LogP contribution in [-0.2, 0) is 12.8 Å². The van der Waals surface area contributed by atoms with Crippen molar-refractivity contribution in [3.8, 4) is 22.9 Å². The molecule has 0 saturated carbocycles. The minimum absolute atomic E-state index is 0.784. The predicted octanol–water partition coefficient (Wildman–Crippen LogP) is 7.32. The number of hydrogen-bond donors (Lipinski definition) is 0. The fourth-order valence-corrected chi connectivity index (χ4v) is 5.82. The summed E-state index contributed by atoms with van der Waals surface area (Å²) in [6, 6.07) is 23.7. The Morgan fingerprint density at radius 3 is 2.44 bits per heavy atom. The maximum atomic E-state index is 9.70. The highest BCUT2D eigenvalue weighted by atomic mass is 32.1. The number of rotatable bonds is 4. The van der Waals surface area contributed by atoms with Gasteiger partial charge in [0.1, 0.15) is 11.1 Å². The third kappa shape index (κ3) is 3.70. The molecule has 3 nitrogen and oxygen atoms in total. The van der Waals surface area contributed by atoms with E-state index in [1.807, 2.05) is 12.3 Å². The van der Waals surface area contributed by atoms with E-state index in [4.69, 9.17) is 4.99 Å². The van der Waals surface area contributed by atoms with Gasteiger partial charge in [-0.05, 0) is 74.4 Å². The summed E-state index contributed by atoms with van der Waals surface area (Å²) < 4.78 is 2.26. The second-order valence-corrected chi connectivity index (χ2v) is 9.42. The highest BCUT2D eigenvalue weighted by molar-refractivity contribution is 7.16. The summed E-state index contributed by atoms with van der Waals surface area (Å²) in [5.41, 5.74) is 9.00. The Labute approximate surface area is 193 Å². The SMILES string of the molecule is Cc1cc(C=Nc2sc3c(c2C#N)CCCC3)c(C)n1-c1ccc(-c2ccccc2)cc1.